The van der Waals surface area contributed by atoms with Gasteiger partial charge in [0.2, 0.25) is 12.1 Å². The summed E-state index contributed by atoms with van der Waals surface area (Å²) < 4.78 is 32.1. The number of rotatable bonds is 6. The molecule has 0 aliphatic carbocycles. The van der Waals surface area contributed by atoms with Gasteiger partial charge in [0.15, 0.2) is 11.6 Å². The second-order valence-electron chi connectivity index (χ2n) is 8.39. The van der Waals surface area contributed by atoms with Crippen LogP contribution in [0.4, 0.5) is 14.5 Å². The van der Waals surface area contributed by atoms with Crippen molar-refractivity contribution < 1.29 is 23.1 Å². The third-order valence-electron chi connectivity index (χ3n) is 5.96. The van der Waals surface area contributed by atoms with Crippen molar-refractivity contribution in [3.05, 3.63) is 95.1 Å². The zero-order valence-electron chi connectivity index (χ0n) is 19.6. The molecule has 6 nitrogen and oxygen atoms in total. The fourth-order valence-corrected chi connectivity index (χ4v) is 3.99. The Morgan fingerprint density at radius 3 is 2.49 bits per heavy atom. The molecule has 0 fully saturated rings. The maximum absolute atomic E-state index is 13.6. The molecule has 180 valence electrons. The van der Waals surface area contributed by atoms with Crippen LogP contribution in [0.5, 0.6) is 5.75 Å². The first kappa shape index (κ1) is 24.1. The minimum Gasteiger partial charge on any atom is -0.497 e. The normalized spacial score (nSPS) is 16.1. The molecule has 8 heteroatoms. The van der Waals surface area contributed by atoms with Crippen LogP contribution in [0.2, 0.25) is 0 Å². The summed E-state index contributed by atoms with van der Waals surface area (Å²) >= 11 is 0. The SMILES string of the molecule is COc1ccc(C2=NC(NC(=O)[C@@H](C)Cc3ccc(F)c(F)c3)C(=O)N(C)c3ccccc32)cc1. The number of amides is 2. The molecule has 1 heterocycles. The molecule has 3 aromatic rings. The summed E-state index contributed by atoms with van der Waals surface area (Å²) in [6.45, 7) is 1.66. The van der Waals surface area contributed by atoms with Crippen LogP contribution in [0.15, 0.2) is 71.7 Å². The fourth-order valence-electron chi connectivity index (χ4n) is 3.99. The number of para-hydroxylation sites is 1. The first-order chi connectivity index (χ1) is 16.8. The largest absolute Gasteiger partial charge is 0.497 e. The average Bonchev–Trinajstić information content (AvgIpc) is 2.97. The predicted octanol–water partition coefficient (Wildman–Crippen LogP) is 4.11. The third kappa shape index (κ3) is 5.06. The van der Waals surface area contributed by atoms with E-state index in [0.29, 0.717) is 22.7 Å². The second-order valence-corrected chi connectivity index (χ2v) is 8.39. The number of ether oxygens (including phenoxy) is 1. The minimum absolute atomic E-state index is 0.176. The van der Waals surface area contributed by atoms with Crippen LogP contribution in [-0.2, 0) is 16.0 Å². The van der Waals surface area contributed by atoms with Crippen LogP contribution in [0.3, 0.4) is 0 Å². The number of anilines is 1. The Bertz CT molecular complexity index is 1290. The molecule has 1 unspecified atom stereocenters. The first-order valence-electron chi connectivity index (χ1n) is 11.1. The van der Waals surface area contributed by atoms with E-state index in [-0.39, 0.29) is 6.42 Å². The number of hydrogen-bond donors (Lipinski definition) is 1. The summed E-state index contributed by atoms with van der Waals surface area (Å²) in [4.78, 5) is 32.4. The highest BCUT2D eigenvalue weighted by Crippen LogP contribution is 2.28. The van der Waals surface area contributed by atoms with Gasteiger partial charge >= 0.3 is 0 Å². The van der Waals surface area contributed by atoms with Gasteiger partial charge in [-0.3, -0.25) is 9.59 Å². The van der Waals surface area contributed by atoms with E-state index in [1.807, 2.05) is 36.4 Å². The molecule has 0 bridgehead atoms. The van der Waals surface area contributed by atoms with E-state index < -0.39 is 35.5 Å². The summed E-state index contributed by atoms with van der Waals surface area (Å²) in [5.41, 5.74) is 3.21. The highest BCUT2D eigenvalue weighted by molar-refractivity contribution is 6.20. The molecule has 1 N–H and O–H groups in total. The van der Waals surface area contributed by atoms with Crippen molar-refractivity contribution in [3.63, 3.8) is 0 Å². The van der Waals surface area contributed by atoms with Crippen LogP contribution in [0.25, 0.3) is 0 Å². The minimum atomic E-state index is -1.16. The number of methoxy groups -OCH3 is 1. The number of halogens is 2. The van der Waals surface area contributed by atoms with Crippen molar-refractivity contribution >= 4 is 23.2 Å². The van der Waals surface area contributed by atoms with Gasteiger partial charge in [-0.2, -0.15) is 0 Å². The molecule has 35 heavy (non-hydrogen) atoms. The van der Waals surface area contributed by atoms with Crippen molar-refractivity contribution in [2.45, 2.75) is 19.5 Å². The van der Waals surface area contributed by atoms with Crippen LogP contribution in [0, 0.1) is 17.6 Å². The van der Waals surface area contributed by atoms with Gasteiger partial charge in [-0.25, -0.2) is 13.8 Å². The van der Waals surface area contributed by atoms with Crippen molar-refractivity contribution in [2.75, 3.05) is 19.1 Å². The highest BCUT2D eigenvalue weighted by Gasteiger charge is 2.32. The predicted molar refractivity (Wildman–Crippen MR) is 130 cm³/mol. The molecule has 3 aromatic carbocycles. The Kier molecular flexibility index (Phi) is 6.91. The molecule has 2 amide bonds. The number of hydrogen-bond acceptors (Lipinski definition) is 4. The molecule has 0 spiro atoms. The Labute approximate surface area is 202 Å². The molecule has 1 aliphatic heterocycles. The molecular formula is C27H25F2N3O3. The summed E-state index contributed by atoms with van der Waals surface area (Å²) in [5, 5.41) is 2.73. The van der Waals surface area contributed by atoms with Gasteiger partial charge < -0.3 is 15.0 Å². The molecule has 0 aromatic heterocycles. The zero-order valence-corrected chi connectivity index (χ0v) is 19.6. The molecule has 0 saturated heterocycles. The van der Waals surface area contributed by atoms with Crippen LogP contribution < -0.4 is 15.0 Å². The van der Waals surface area contributed by atoms with Crippen LogP contribution >= 0.6 is 0 Å². The molecule has 4 rings (SSSR count). The number of benzodiazepines with no additional fused rings is 1. The topological polar surface area (TPSA) is 71.0 Å². The van der Waals surface area contributed by atoms with Gasteiger partial charge in [0, 0.05) is 24.1 Å². The number of carbonyl (C=O) groups excluding carboxylic acids is 2. The maximum atomic E-state index is 13.6. The number of fused-ring (bicyclic) bond motifs is 1. The maximum Gasteiger partial charge on any atom is 0.272 e. The summed E-state index contributed by atoms with van der Waals surface area (Å²) in [6, 6.07) is 18.2. The van der Waals surface area contributed by atoms with Gasteiger partial charge in [0.25, 0.3) is 5.91 Å². The molecule has 0 radical (unpaired) electrons. The van der Waals surface area contributed by atoms with Crippen LogP contribution in [-0.4, -0.2) is 37.8 Å². The van der Waals surface area contributed by atoms with Crippen molar-refractivity contribution in [1.29, 1.82) is 0 Å². The number of nitrogens with zero attached hydrogens (tertiary/aromatic N) is 2. The smallest absolute Gasteiger partial charge is 0.272 e. The summed E-state index contributed by atoms with van der Waals surface area (Å²) in [7, 11) is 3.21. The van der Waals surface area contributed by atoms with E-state index in [1.54, 1.807) is 33.2 Å². The van der Waals surface area contributed by atoms with Gasteiger partial charge in [0.05, 0.1) is 18.5 Å². The number of benzene rings is 3. The highest BCUT2D eigenvalue weighted by atomic mass is 19.2. The number of carbonyl (C=O) groups is 2. The Hall–Kier alpha value is -4.07. The van der Waals surface area contributed by atoms with E-state index in [1.165, 1.54) is 11.0 Å². The van der Waals surface area contributed by atoms with E-state index in [9.17, 15) is 18.4 Å². The average molecular weight is 478 g/mol. The lowest BCUT2D eigenvalue weighted by atomic mass is 10.00. The number of likely N-dealkylation sites (N-methyl/N-ethyl adjacent to an activating group) is 1. The lowest BCUT2D eigenvalue weighted by Crippen LogP contribution is -2.47. The first-order valence-corrected chi connectivity index (χ1v) is 11.1. The molecule has 0 saturated carbocycles. The Balaban J connectivity index is 1.64. The van der Waals surface area contributed by atoms with Gasteiger partial charge in [-0.1, -0.05) is 31.2 Å². The van der Waals surface area contributed by atoms with Crippen molar-refractivity contribution in [2.24, 2.45) is 10.9 Å². The van der Waals surface area contributed by atoms with Crippen molar-refractivity contribution in [1.82, 2.24) is 5.32 Å². The number of nitrogens with one attached hydrogen (secondary N) is 1. The molecular weight excluding hydrogens is 452 g/mol. The standard InChI is InChI=1S/C27H25F2N3O3/c1-16(14-17-8-13-21(28)22(29)15-17)26(33)31-25-27(34)32(2)23-7-5-4-6-20(23)24(30-25)18-9-11-19(35-3)12-10-18/h4-13,15-16,25H,14H2,1-3H3,(H,31,33)/t16-,25?/m0/s1. The Morgan fingerprint density at radius 2 is 1.80 bits per heavy atom. The van der Waals surface area contributed by atoms with E-state index >= 15 is 0 Å². The van der Waals surface area contributed by atoms with Gasteiger partial charge in [-0.15, -0.1) is 0 Å². The van der Waals surface area contributed by atoms with E-state index in [0.717, 1.165) is 23.3 Å². The van der Waals surface area contributed by atoms with Crippen molar-refractivity contribution in [3.8, 4) is 5.75 Å². The van der Waals surface area contributed by atoms with Crippen LogP contribution in [0.1, 0.15) is 23.6 Å². The Morgan fingerprint density at radius 1 is 1.09 bits per heavy atom. The molecule has 1 aliphatic rings. The lowest BCUT2D eigenvalue weighted by Gasteiger charge is -2.22. The van der Waals surface area contributed by atoms with Gasteiger partial charge in [-0.05, 0) is 54.4 Å². The lowest BCUT2D eigenvalue weighted by molar-refractivity contribution is -0.129. The van der Waals surface area contributed by atoms with E-state index in [4.69, 9.17) is 4.74 Å². The quantitative estimate of drug-likeness (QED) is 0.581. The monoisotopic (exact) mass is 477 g/mol. The second kappa shape index (κ2) is 10.0. The zero-order chi connectivity index (χ0) is 25.1. The third-order valence-corrected chi connectivity index (χ3v) is 5.96. The molecule has 2 atom stereocenters. The van der Waals surface area contributed by atoms with Gasteiger partial charge in [0.1, 0.15) is 5.75 Å². The summed E-state index contributed by atoms with van der Waals surface area (Å²) in [5.74, 6) is -2.66. The summed E-state index contributed by atoms with van der Waals surface area (Å²) in [6.07, 6.45) is -0.987. The van der Waals surface area contributed by atoms with E-state index in [2.05, 4.69) is 10.3 Å². The number of aliphatic imine (C=N–C) groups is 1. The fraction of sp³-hybridized carbons (Fsp3) is 0.222.